The van der Waals surface area contributed by atoms with E-state index in [1.165, 1.54) is 24.0 Å². The van der Waals surface area contributed by atoms with Crippen molar-refractivity contribution in [2.45, 2.75) is 31.9 Å². The molecule has 0 bridgehead atoms. The Balaban J connectivity index is 1.32. The normalized spacial score (nSPS) is 20.9. The minimum Gasteiger partial charge on any atom is -0.492 e. The van der Waals surface area contributed by atoms with E-state index < -0.39 is 0 Å². The molecule has 1 aliphatic heterocycles. The monoisotopic (exact) mass is 371 g/mol. The lowest BCUT2D eigenvalue weighted by Crippen LogP contribution is -2.42. The number of ether oxygens (including phenoxy) is 2. The van der Waals surface area contributed by atoms with Gasteiger partial charge in [-0.2, -0.15) is 0 Å². The third kappa shape index (κ3) is 5.00. The van der Waals surface area contributed by atoms with Crippen molar-refractivity contribution in [3.63, 3.8) is 0 Å². The fraction of sp³-hybridized carbons (Fsp3) is 0.455. The Hall–Kier alpha value is -1.55. The van der Waals surface area contributed by atoms with Crippen LogP contribution in [0.1, 0.15) is 24.0 Å². The number of hydrogen-bond donors (Lipinski definition) is 0. The van der Waals surface area contributed by atoms with E-state index in [0.29, 0.717) is 5.02 Å². The molecule has 138 valence electrons. The molecule has 1 saturated carbocycles. The van der Waals surface area contributed by atoms with Crippen LogP contribution >= 0.6 is 11.6 Å². The molecule has 0 N–H and O–H groups in total. The first kappa shape index (κ1) is 17.8. The molecule has 1 unspecified atom stereocenters. The summed E-state index contributed by atoms with van der Waals surface area (Å²) in [5.41, 5.74) is 2.56. The second-order valence-electron chi connectivity index (χ2n) is 7.44. The Morgan fingerprint density at radius 3 is 2.69 bits per heavy atom. The van der Waals surface area contributed by atoms with Gasteiger partial charge in [-0.05, 0) is 48.4 Å². The molecule has 1 aliphatic carbocycles. The summed E-state index contributed by atoms with van der Waals surface area (Å²) in [6.07, 6.45) is 3.66. The van der Waals surface area contributed by atoms with Crippen LogP contribution in [0.15, 0.2) is 48.5 Å². The quantitative estimate of drug-likeness (QED) is 0.711. The van der Waals surface area contributed by atoms with Crippen molar-refractivity contribution in [2.75, 3.05) is 26.3 Å². The van der Waals surface area contributed by atoms with Gasteiger partial charge in [-0.25, -0.2) is 0 Å². The van der Waals surface area contributed by atoms with Crippen molar-refractivity contribution >= 4 is 11.6 Å². The van der Waals surface area contributed by atoms with Crippen LogP contribution in [0.2, 0.25) is 5.02 Å². The molecule has 0 spiro atoms. The Kier molecular flexibility index (Phi) is 5.78. The summed E-state index contributed by atoms with van der Waals surface area (Å²) in [7, 11) is 0. The molecule has 1 saturated heterocycles. The van der Waals surface area contributed by atoms with Crippen LogP contribution in [0.4, 0.5) is 0 Å². The summed E-state index contributed by atoms with van der Waals surface area (Å²) in [6.45, 7) is 4.50. The zero-order chi connectivity index (χ0) is 17.8. The average molecular weight is 372 g/mol. The zero-order valence-electron chi connectivity index (χ0n) is 15.1. The van der Waals surface area contributed by atoms with Crippen LogP contribution < -0.4 is 4.74 Å². The molecular formula is C22H26ClNO2. The highest BCUT2D eigenvalue weighted by atomic mass is 35.5. The van der Waals surface area contributed by atoms with Gasteiger partial charge >= 0.3 is 0 Å². The van der Waals surface area contributed by atoms with Crippen molar-refractivity contribution < 1.29 is 9.47 Å². The van der Waals surface area contributed by atoms with Gasteiger partial charge in [0.1, 0.15) is 5.75 Å². The van der Waals surface area contributed by atoms with Gasteiger partial charge < -0.3 is 9.47 Å². The van der Waals surface area contributed by atoms with Crippen LogP contribution in [-0.2, 0) is 17.7 Å². The van der Waals surface area contributed by atoms with Crippen molar-refractivity contribution in [1.29, 1.82) is 0 Å². The third-order valence-corrected chi connectivity index (χ3v) is 5.40. The Bertz CT molecular complexity index is 717. The first-order valence-electron chi connectivity index (χ1n) is 9.55. The zero-order valence-corrected chi connectivity index (χ0v) is 15.8. The van der Waals surface area contributed by atoms with Gasteiger partial charge in [0.05, 0.1) is 24.3 Å². The van der Waals surface area contributed by atoms with E-state index in [2.05, 4.69) is 41.3 Å². The first-order valence-corrected chi connectivity index (χ1v) is 9.93. The van der Waals surface area contributed by atoms with E-state index in [-0.39, 0.29) is 6.10 Å². The summed E-state index contributed by atoms with van der Waals surface area (Å²) in [4.78, 5) is 2.47. The minimum absolute atomic E-state index is 0.210. The predicted octanol–water partition coefficient (Wildman–Crippen LogP) is 4.57. The lowest BCUT2D eigenvalue weighted by molar-refractivity contribution is -0.0304. The lowest BCUT2D eigenvalue weighted by Gasteiger charge is -2.33. The molecule has 3 nitrogen and oxygen atoms in total. The summed E-state index contributed by atoms with van der Waals surface area (Å²) in [5.74, 6) is 1.54. The molecule has 2 aliphatic rings. The fourth-order valence-corrected chi connectivity index (χ4v) is 3.69. The van der Waals surface area contributed by atoms with E-state index in [1.54, 1.807) is 0 Å². The van der Waals surface area contributed by atoms with Crippen molar-refractivity contribution in [3.8, 4) is 5.75 Å². The number of morpholine rings is 1. The predicted molar refractivity (Wildman–Crippen MR) is 105 cm³/mol. The molecule has 4 rings (SSSR count). The maximum atomic E-state index is 6.41. The Morgan fingerprint density at radius 1 is 1.08 bits per heavy atom. The number of rotatable bonds is 7. The summed E-state index contributed by atoms with van der Waals surface area (Å²) < 4.78 is 11.8. The van der Waals surface area contributed by atoms with Gasteiger partial charge in [0.15, 0.2) is 0 Å². The average Bonchev–Trinajstić information content (AvgIpc) is 3.47. The summed E-state index contributed by atoms with van der Waals surface area (Å²) in [6, 6.07) is 16.8. The Labute approximate surface area is 160 Å². The lowest BCUT2D eigenvalue weighted by atomic mass is 10.1. The van der Waals surface area contributed by atoms with E-state index in [4.69, 9.17) is 21.1 Å². The smallest absolute Gasteiger partial charge is 0.137 e. The molecule has 26 heavy (non-hydrogen) atoms. The van der Waals surface area contributed by atoms with Crippen molar-refractivity contribution in [1.82, 2.24) is 4.90 Å². The highest BCUT2D eigenvalue weighted by Crippen LogP contribution is 2.32. The maximum Gasteiger partial charge on any atom is 0.137 e. The van der Waals surface area contributed by atoms with Crippen LogP contribution in [0.25, 0.3) is 0 Å². The highest BCUT2D eigenvalue weighted by molar-refractivity contribution is 6.32. The topological polar surface area (TPSA) is 21.7 Å². The molecule has 0 aromatic heterocycles. The molecule has 4 heteroatoms. The molecule has 1 atom stereocenters. The fourth-order valence-electron chi connectivity index (χ4n) is 3.43. The van der Waals surface area contributed by atoms with Crippen molar-refractivity contribution in [2.24, 2.45) is 5.92 Å². The molecule has 2 aromatic carbocycles. The second-order valence-corrected chi connectivity index (χ2v) is 7.84. The van der Waals surface area contributed by atoms with Gasteiger partial charge in [0.2, 0.25) is 0 Å². The largest absolute Gasteiger partial charge is 0.492 e. The third-order valence-electron chi connectivity index (χ3n) is 5.10. The standard InChI is InChI=1S/C22H26ClNO2/c23-21-13-19(8-9-22(21)26-16-18-6-7-18)12-20-15-24(10-11-25-20)14-17-4-2-1-3-5-17/h1-5,8-9,13,18,20H,6-7,10-12,14-16H2. The van der Waals surface area contributed by atoms with Crippen LogP contribution in [-0.4, -0.2) is 37.3 Å². The molecule has 0 amide bonds. The van der Waals surface area contributed by atoms with Crippen LogP contribution in [0, 0.1) is 5.92 Å². The van der Waals surface area contributed by atoms with Gasteiger partial charge in [-0.3, -0.25) is 4.90 Å². The SMILES string of the molecule is Clc1cc(CC2CN(Cc3ccccc3)CCO2)ccc1OCC1CC1. The molecule has 0 radical (unpaired) electrons. The summed E-state index contributed by atoms with van der Waals surface area (Å²) >= 11 is 6.41. The number of benzene rings is 2. The number of halogens is 1. The van der Waals surface area contributed by atoms with Gasteiger partial charge in [-0.1, -0.05) is 48.0 Å². The van der Waals surface area contributed by atoms with E-state index in [9.17, 15) is 0 Å². The number of nitrogens with zero attached hydrogens (tertiary/aromatic N) is 1. The first-order chi connectivity index (χ1) is 12.8. The van der Waals surface area contributed by atoms with Gasteiger partial charge in [0, 0.05) is 19.6 Å². The molecular weight excluding hydrogens is 346 g/mol. The Morgan fingerprint density at radius 2 is 1.92 bits per heavy atom. The van der Waals surface area contributed by atoms with E-state index in [0.717, 1.165) is 50.9 Å². The molecule has 2 fully saturated rings. The minimum atomic E-state index is 0.210. The highest BCUT2D eigenvalue weighted by Gasteiger charge is 2.23. The van der Waals surface area contributed by atoms with E-state index in [1.807, 2.05) is 12.1 Å². The van der Waals surface area contributed by atoms with Crippen molar-refractivity contribution in [3.05, 3.63) is 64.7 Å². The molecule has 1 heterocycles. The van der Waals surface area contributed by atoms with Gasteiger partial charge in [-0.15, -0.1) is 0 Å². The van der Waals surface area contributed by atoms with Crippen LogP contribution in [0.5, 0.6) is 5.75 Å². The number of hydrogen-bond acceptors (Lipinski definition) is 3. The van der Waals surface area contributed by atoms with E-state index >= 15 is 0 Å². The molecule has 2 aromatic rings. The maximum absolute atomic E-state index is 6.41. The summed E-state index contributed by atoms with van der Waals surface area (Å²) in [5, 5.41) is 0.708. The van der Waals surface area contributed by atoms with Gasteiger partial charge in [0.25, 0.3) is 0 Å². The second kappa shape index (κ2) is 8.43. The van der Waals surface area contributed by atoms with Crippen LogP contribution in [0.3, 0.4) is 0 Å².